The maximum atomic E-state index is 11.5. The molecule has 0 fully saturated rings. The molecule has 2 rings (SSSR count). The predicted octanol–water partition coefficient (Wildman–Crippen LogP) is 2.10. The molecule has 1 heterocycles. The zero-order chi connectivity index (χ0) is 18.6. The van der Waals surface area contributed by atoms with E-state index < -0.39 is 20.9 Å². The summed E-state index contributed by atoms with van der Waals surface area (Å²) in [5.41, 5.74) is 5.83. The van der Waals surface area contributed by atoms with E-state index in [1.54, 1.807) is 6.26 Å². The fourth-order valence-electron chi connectivity index (χ4n) is 2.36. The van der Waals surface area contributed by atoms with Crippen molar-refractivity contribution in [1.29, 1.82) is 0 Å². The second kappa shape index (κ2) is 8.16. The summed E-state index contributed by atoms with van der Waals surface area (Å²) in [6.07, 6.45) is 6.39. The fraction of sp³-hybridized carbons (Fsp3) is 0.412. The number of nitrogens with zero attached hydrogens (tertiary/aromatic N) is 1. The molecule has 0 bridgehead atoms. The summed E-state index contributed by atoms with van der Waals surface area (Å²) in [6, 6.07) is 7.43. The highest BCUT2D eigenvalue weighted by atomic mass is 32.2. The Morgan fingerprint density at radius 3 is 2.40 bits per heavy atom. The van der Waals surface area contributed by atoms with E-state index in [2.05, 4.69) is 19.3 Å². The molecule has 1 unspecified atom stereocenters. The SMILES string of the molecule is CC(C)CN1C=C(COS(C)(=O)=O)C=C(c2ccc(S(C)=O)cc2)N1. The number of benzene rings is 1. The molecule has 6 nitrogen and oxygen atoms in total. The smallest absolute Gasteiger partial charge is 0.264 e. The van der Waals surface area contributed by atoms with Gasteiger partial charge in [-0.1, -0.05) is 26.0 Å². The monoisotopic (exact) mass is 384 g/mol. The van der Waals surface area contributed by atoms with Gasteiger partial charge in [0.25, 0.3) is 10.1 Å². The van der Waals surface area contributed by atoms with E-state index >= 15 is 0 Å². The van der Waals surface area contributed by atoms with Crippen molar-refractivity contribution in [2.75, 3.05) is 25.7 Å². The van der Waals surface area contributed by atoms with E-state index in [0.717, 1.165) is 34.5 Å². The molecule has 0 aliphatic carbocycles. The predicted molar refractivity (Wildman–Crippen MR) is 100 cm³/mol. The van der Waals surface area contributed by atoms with Crippen LogP contribution in [0.25, 0.3) is 5.70 Å². The van der Waals surface area contributed by atoms with Gasteiger partial charge in [-0.3, -0.25) is 18.8 Å². The van der Waals surface area contributed by atoms with E-state index in [-0.39, 0.29) is 6.61 Å². The summed E-state index contributed by atoms with van der Waals surface area (Å²) in [6.45, 7) is 4.95. The quantitative estimate of drug-likeness (QED) is 0.726. The molecule has 0 saturated heterocycles. The van der Waals surface area contributed by atoms with Crippen molar-refractivity contribution >= 4 is 26.6 Å². The third-order valence-electron chi connectivity index (χ3n) is 3.41. The van der Waals surface area contributed by atoms with Crippen LogP contribution in [0.1, 0.15) is 19.4 Å². The summed E-state index contributed by atoms with van der Waals surface area (Å²) >= 11 is 0. The molecular weight excluding hydrogens is 360 g/mol. The van der Waals surface area contributed by atoms with Crippen LogP contribution in [0.4, 0.5) is 0 Å². The summed E-state index contributed by atoms with van der Waals surface area (Å²) in [7, 11) is -4.53. The Hall–Kier alpha value is -1.64. The highest BCUT2D eigenvalue weighted by Gasteiger charge is 2.15. The minimum atomic E-state index is -3.50. The first kappa shape index (κ1) is 19.7. The van der Waals surface area contributed by atoms with Crippen LogP contribution in [0.15, 0.2) is 47.0 Å². The molecule has 0 amide bonds. The van der Waals surface area contributed by atoms with Crippen molar-refractivity contribution in [2.45, 2.75) is 18.7 Å². The third kappa shape index (κ3) is 6.30. The topological polar surface area (TPSA) is 75.7 Å². The van der Waals surface area contributed by atoms with Crippen molar-refractivity contribution < 1.29 is 16.8 Å². The van der Waals surface area contributed by atoms with Crippen LogP contribution in [0.3, 0.4) is 0 Å². The number of hydrazine groups is 1. The van der Waals surface area contributed by atoms with Gasteiger partial charge in [-0.05, 0) is 35.3 Å². The third-order valence-corrected chi connectivity index (χ3v) is 4.90. The van der Waals surface area contributed by atoms with E-state index in [9.17, 15) is 12.6 Å². The second-order valence-electron chi connectivity index (χ2n) is 6.36. The highest BCUT2D eigenvalue weighted by Crippen LogP contribution is 2.21. The van der Waals surface area contributed by atoms with Crippen LogP contribution in [0.5, 0.6) is 0 Å². The molecule has 1 aromatic carbocycles. The minimum absolute atomic E-state index is 0.0182. The van der Waals surface area contributed by atoms with Gasteiger partial charge in [-0.25, -0.2) is 0 Å². The van der Waals surface area contributed by atoms with Crippen LogP contribution < -0.4 is 5.43 Å². The van der Waals surface area contributed by atoms with Gasteiger partial charge in [-0.2, -0.15) is 8.42 Å². The van der Waals surface area contributed by atoms with Gasteiger partial charge in [-0.15, -0.1) is 0 Å². The average molecular weight is 385 g/mol. The first-order valence-corrected chi connectivity index (χ1v) is 11.3. The summed E-state index contributed by atoms with van der Waals surface area (Å²) in [5.74, 6) is 0.421. The van der Waals surface area contributed by atoms with E-state index in [4.69, 9.17) is 4.18 Å². The molecule has 0 radical (unpaired) electrons. The molecule has 25 heavy (non-hydrogen) atoms. The van der Waals surface area contributed by atoms with Crippen molar-refractivity contribution in [3.8, 4) is 0 Å². The lowest BCUT2D eigenvalue weighted by Crippen LogP contribution is -2.37. The lowest BCUT2D eigenvalue weighted by Gasteiger charge is -2.30. The van der Waals surface area contributed by atoms with Crippen LogP contribution in [0.2, 0.25) is 0 Å². The summed E-state index contributed by atoms with van der Waals surface area (Å²) in [4.78, 5) is 0.760. The zero-order valence-corrected chi connectivity index (χ0v) is 16.5. The van der Waals surface area contributed by atoms with Gasteiger partial charge in [0.05, 0.1) is 18.6 Å². The Bertz CT molecular complexity index is 796. The molecule has 0 spiro atoms. The maximum absolute atomic E-state index is 11.5. The molecule has 1 aromatic rings. The molecule has 1 aliphatic rings. The van der Waals surface area contributed by atoms with Gasteiger partial charge >= 0.3 is 0 Å². The fourth-order valence-corrected chi connectivity index (χ4v) is 3.23. The standard InChI is InChI=1S/C17H24N2O4S2/c1-13(2)10-19-11-14(12-23-25(4,21)22)9-17(18-19)15-5-7-16(8-6-15)24(3)20/h5-9,11,13,18H,10,12H2,1-4H3. The molecule has 1 atom stereocenters. The Kier molecular flexibility index (Phi) is 6.42. The van der Waals surface area contributed by atoms with Crippen LogP contribution in [-0.2, 0) is 25.1 Å². The van der Waals surface area contributed by atoms with E-state index in [1.807, 2.05) is 41.6 Å². The van der Waals surface area contributed by atoms with Crippen molar-refractivity contribution in [3.63, 3.8) is 0 Å². The largest absolute Gasteiger partial charge is 0.298 e. The maximum Gasteiger partial charge on any atom is 0.264 e. The summed E-state index contributed by atoms with van der Waals surface area (Å²) < 4.78 is 39.0. The number of nitrogens with one attached hydrogen (secondary N) is 1. The van der Waals surface area contributed by atoms with E-state index in [1.165, 1.54) is 0 Å². The Balaban J connectivity index is 2.26. The van der Waals surface area contributed by atoms with Crippen LogP contribution in [0, 0.1) is 5.92 Å². The van der Waals surface area contributed by atoms with E-state index in [0.29, 0.717) is 5.92 Å². The Labute approximate surface area is 152 Å². The highest BCUT2D eigenvalue weighted by molar-refractivity contribution is 7.86. The first-order chi connectivity index (χ1) is 11.6. The lowest BCUT2D eigenvalue weighted by atomic mass is 10.1. The van der Waals surface area contributed by atoms with Crippen molar-refractivity contribution in [2.24, 2.45) is 5.92 Å². The Morgan fingerprint density at radius 1 is 1.24 bits per heavy atom. The second-order valence-corrected chi connectivity index (χ2v) is 9.39. The van der Waals surface area contributed by atoms with Crippen LogP contribution >= 0.6 is 0 Å². The first-order valence-electron chi connectivity index (χ1n) is 7.88. The molecule has 1 N–H and O–H groups in total. The number of rotatable bonds is 7. The van der Waals surface area contributed by atoms with Gasteiger partial charge in [0.15, 0.2) is 0 Å². The summed E-state index contributed by atoms with van der Waals surface area (Å²) in [5, 5.41) is 1.92. The molecule has 0 saturated carbocycles. The van der Waals surface area contributed by atoms with Crippen molar-refractivity contribution in [3.05, 3.63) is 47.7 Å². The Morgan fingerprint density at radius 2 is 1.88 bits per heavy atom. The van der Waals surface area contributed by atoms with Gasteiger partial charge < -0.3 is 0 Å². The van der Waals surface area contributed by atoms with Crippen LogP contribution in [-0.4, -0.2) is 43.3 Å². The minimum Gasteiger partial charge on any atom is -0.298 e. The van der Waals surface area contributed by atoms with Crippen molar-refractivity contribution in [1.82, 2.24) is 10.4 Å². The van der Waals surface area contributed by atoms with Gasteiger partial charge in [0.2, 0.25) is 0 Å². The zero-order valence-electron chi connectivity index (χ0n) is 14.9. The molecular formula is C17H24N2O4S2. The van der Waals surface area contributed by atoms with Gasteiger partial charge in [0.1, 0.15) is 0 Å². The van der Waals surface area contributed by atoms with Gasteiger partial charge in [0, 0.05) is 34.7 Å². The molecule has 138 valence electrons. The normalized spacial score (nSPS) is 16.3. The molecule has 8 heteroatoms. The number of hydrogen-bond acceptors (Lipinski definition) is 6. The lowest BCUT2D eigenvalue weighted by molar-refractivity contribution is 0.275. The molecule has 0 aromatic heterocycles. The molecule has 1 aliphatic heterocycles. The average Bonchev–Trinajstić information content (AvgIpc) is 2.51. The number of hydrogen-bond donors (Lipinski definition) is 1.